The van der Waals surface area contributed by atoms with Crippen molar-refractivity contribution in [3.8, 4) is 0 Å². The fourth-order valence-electron chi connectivity index (χ4n) is 1.57. The van der Waals surface area contributed by atoms with Gasteiger partial charge in [0.15, 0.2) is 0 Å². The lowest BCUT2D eigenvalue weighted by atomic mass is 9.91. The smallest absolute Gasteiger partial charge is 0.311 e. The van der Waals surface area contributed by atoms with Crippen molar-refractivity contribution >= 4 is 11.9 Å². The van der Waals surface area contributed by atoms with E-state index in [-0.39, 0.29) is 22.8 Å². The lowest BCUT2D eigenvalue weighted by molar-refractivity contribution is -0.155. The molecule has 0 saturated heterocycles. The lowest BCUT2D eigenvalue weighted by Gasteiger charge is -2.20. The Morgan fingerprint density at radius 1 is 0.682 bits per heavy atom. The van der Waals surface area contributed by atoms with Gasteiger partial charge in [-0.3, -0.25) is 9.59 Å². The monoisotopic (exact) mass is 314 g/mol. The molecule has 0 atom stereocenters. The third-order valence-electron chi connectivity index (χ3n) is 4.38. The molecule has 0 spiro atoms. The lowest BCUT2D eigenvalue weighted by Crippen LogP contribution is -2.26. The van der Waals surface area contributed by atoms with Gasteiger partial charge in [-0.25, -0.2) is 0 Å². The summed E-state index contributed by atoms with van der Waals surface area (Å²) in [5.41, 5.74) is -0.777. The summed E-state index contributed by atoms with van der Waals surface area (Å²) >= 11 is 0. The maximum Gasteiger partial charge on any atom is 0.311 e. The summed E-state index contributed by atoms with van der Waals surface area (Å²) in [6.07, 6.45) is 5.25. The Morgan fingerprint density at radius 2 is 1.00 bits per heavy atom. The third-order valence-corrected chi connectivity index (χ3v) is 4.38. The van der Waals surface area contributed by atoms with Crippen molar-refractivity contribution in [1.29, 1.82) is 0 Å². The fraction of sp³-hybridized carbons (Fsp3) is 0.889. The summed E-state index contributed by atoms with van der Waals surface area (Å²) in [7, 11) is 0. The molecule has 0 amide bonds. The van der Waals surface area contributed by atoms with Crippen molar-refractivity contribution in [3.63, 3.8) is 0 Å². The van der Waals surface area contributed by atoms with Crippen LogP contribution in [-0.2, 0) is 19.1 Å². The van der Waals surface area contributed by atoms with Crippen LogP contribution in [0.15, 0.2) is 0 Å². The first kappa shape index (κ1) is 20.9. The van der Waals surface area contributed by atoms with E-state index in [1.54, 1.807) is 0 Å². The summed E-state index contributed by atoms with van der Waals surface area (Å²) in [5.74, 6) is -0.239. The average molecular weight is 314 g/mol. The largest absolute Gasteiger partial charge is 0.465 e. The number of hydrogen-bond acceptors (Lipinski definition) is 4. The summed E-state index contributed by atoms with van der Waals surface area (Å²) in [4.78, 5) is 23.5. The van der Waals surface area contributed by atoms with Gasteiger partial charge in [0, 0.05) is 0 Å². The molecule has 0 bridgehead atoms. The van der Waals surface area contributed by atoms with E-state index in [1.807, 2.05) is 41.5 Å². The Hall–Kier alpha value is -1.06. The molecule has 0 aliphatic heterocycles. The van der Waals surface area contributed by atoms with E-state index < -0.39 is 0 Å². The second-order valence-corrected chi connectivity index (χ2v) is 7.16. The Labute approximate surface area is 135 Å². The molecule has 0 fully saturated rings. The first-order valence-corrected chi connectivity index (χ1v) is 8.52. The van der Waals surface area contributed by atoms with Gasteiger partial charge in [-0.1, -0.05) is 13.8 Å². The first-order valence-electron chi connectivity index (χ1n) is 8.52. The summed E-state index contributed by atoms with van der Waals surface area (Å²) in [6, 6.07) is 0. The number of hydrogen-bond donors (Lipinski definition) is 0. The van der Waals surface area contributed by atoms with Crippen LogP contribution in [0.1, 0.15) is 80.1 Å². The molecule has 0 aliphatic rings. The van der Waals surface area contributed by atoms with E-state index >= 15 is 0 Å². The Balaban J connectivity index is 3.60. The van der Waals surface area contributed by atoms with E-state index in [9.17, 15) is 9.59 Å². The van der Waals surface area contributed by atoms with Crippen molar-refractivity contribution < 1.29 is 19.1 Å². The highest BCUT2D eigenvalue weighted by Gasteiger charge is 2.27. The molecule has 0 aromatic carbocycles. The minimum atomic E-state index is -0.389. The zero-order valence-corrected chi connectivity index (χ0v) is 15.3. The van der Waals surface area contributed by atoms with Crippen LogP contribution in [-0.4, -0.2) is 25.2 Å². The van der Waals surface area contributed by atoms with Crippen molar-refractivity contribution in [1.82, 2.24) is 0 Å². The average Bonchev–Trinajstić information content (AvgIpc) is 2.49. The van der Waals surface area contributed by atoms with Gasteiger partial charge in [0.05, 0.1) is 24.0 Å². The predicted octanol–water partition coefficient (Wildman–Crippen LogP) is 4.51. The number of unbranched alkanes of at least 4 members (excludes halogenated alkanes) is 3. The predicted molar refractivity (Wildman–Crippen MR) is 88.5 cm³/mol. The Kier molecular flexibility index (Phi) is 9.38. The highest BCUT2D eigenvalue weighted by molar-refractivity contribution is 5.76. The van der Waals surface area contributed by atoms with Crippen LogP contribution in [0, 0.1) is 10.8 Å². The molecular formula is C18H34O4. The van der Waals surface area contributed by atoms with Crippen molar-refractivity contribution in [2.75, 3.05) is 13.2 Å². The van der Waals surface area contributed by atoms with Gasteiger partial charge >= 0.3 is 11.9 Å². The van der Waals surface area contributed by atoms with E-state index in [1.165, 1.54) is 0 Å². The highest BCUT2D eigenvalue weighted by atomic mass is 16.5. The van der Waals surface area contributed by atoms with E-state index in [2.05, 4.69) is 0 Å². The SMILES string of the molecule is CCC(C)(C)C(=O)OCCCCCCOC(=O)C(C)(C)CC. The van der Waals surface area contributed by atoms with Gasteiger partial charge in [0.25, 0.3) is 0 Å². The number of esters is 2. The van der Waals surface area contributed by atoms with Crippen LogP contribution in [0.2, 0.25) is 0 Å². The van der Waals surface area contributed by atoms with E-state index in [0.29, 0.717) is 13.2 Å². The molecule has 0 saturated carbocycles. The normalized spacial score (nSPS) is 12.1. The Morgan fingerprint density at radius 3 is 1.27 bits per heavy atom. The van der Waals surface area contributed by atoms with Crippen LogP contribution in [0.25, 0.3) is 0 Å². The molecule has 0 aliphatic carbocycles. The van der Waals surface area contributed by atoms with Crippen molar-refractivity contribution in [2.24, 2.45) is 10.8 Å². The molecule has 0 unspecified atom stereocenters. The molecule has 130 valence electrons. The number of carbonyl (C=O) groups is 2. The standard InChI is InChI=1S/C18H34O4/c1-7-17(3,4)15(19)21-13-11-9-10-12-14-22-16(20)18(5,6)8-2/h7-14H2,1-6H3. The molecular weight excluding hydrogens is 280 g/mol. The highest BCUT2D eigenvalue weighted by Crippen LogP contribution is 2.22. The summed E-state index contributed by atoms with van der Waals surface area (Å²) in [5, 5.41) is 0. The fourth-order valence-corrected chi connectivity index (χ4v) is 1.57. The van der Waals surface area contributed by atoms with Gasteiger partial charge in [-0.2, -0.15) is 0 Å². The molecule has 0 radical (unpaired) electrons. The third kappa shape index (κ3) is 7.81. The maximum absolute atomic E-state index is 11.7. The summed E-state index contributed by atoms with van der Waals surface area (Å²) < 4.78 is 10.6. The zero-order chi connectivity index (χ0) is 17.2. The van der Waals surface area contributed by atoms with Gasteiger partial charge in [-0.15, -0.1) is 0 Å². The minimum absolute atomic E-state index is 0.120. The second-order valence-electron chi connectivity index (χ2n) is 7.16. The molecule has 0 heterocycles. The topological polar surface area (TPSA) is 52.6 Å². The van der Waals surface area contributed by atoms with Crippen LogP contribution in [0.5, 0.6) is 0 Å². The Bertz CT molecular complexity index is 311. The number of rotatable bonds is 11. The van der Waals surface area contributed by atoms with Crippen molar-refractivity contribution in [3.05, 3.63) is 0 Å². The quantitative estimate of drug-likeness (QED) is 0.416. The van der Waals surface area contributed by atoms with Crippen LogP contribution < -0.4 is 0 Å². The molecule has 22 heavy (non-hydrogen) atoms. The molecule has 0 aromatic rings. The second kappa shape index (κ2) is 9.86. The first-order chi connectivity index (χ1) is 10.2. The van der Waals surface area contributed by atoms with Gasteiger partial charge in [0.2, 0.25) is 0 Å². The van der Waals surface area contributed by atoms with Crippen LogP contribution in [0.4, 0.5) is 0 Å². The van der Waals surface area contributed by atoms with E-state index in [0.717, 1.165) is 38.5 Å². The van der Waals surface area contributed by atoms with E-state index in [4.69, 9.17) is 9.47 Å². The number of ether oxygens (including phenoxy) is 2. The number of carbonyl (C=O) groups excluding carboxylic acids is 2. The summed E-state index contributed by atoms with van der Waals surface area (Å²) in [6.45, 7) is 12.5. The minimum Gasteiger partial charge on any atom is -0.465 e. The van der Waals surface area contributed by atoms with Crippen LogP contribution in [0.3, 0.4) is 0 Å². The van der Waals surface area contributed by atoms with Crippen LogP contribution >= 0.6 is 0 Å². The van der Waals surface area contributed by atoms with Crippen molar-refractivity contribution in [2.45, 2.75) is 80.1 Å². The molecule has 0 N–H and O–H groups in total. The molecule has 4 heteroatoms. The molecule has 0 rings (SSSR count). The molecule has 4 nitrogen and oxygen atoms in total. The maximum atomic E-state index is 11.7. The van der Waals surface area contributed by atoms with Gasteiger partial charge in [0.1, 0.15) is 0 Å². The van der Waals surface area contributed by atoms with Gasteiger partial charge < -0.3 is 9.47 Å². The zero-order valence-electron chi connectivity index (χ0n) is 15.3. The molecule has 0 aromatic heterocycles. The van der Waals surface area contributed by atoms with Gasteiger partial charge in [-0.05, 0) is 66.2 Å².